The van der Waals surface area contributed by atoms with Crippen molar-refractivity contribution in [2.24, 2.45) is 0 Å². The van der Waals surface area contributed by atoms with Crippen molar-refractivity contribution in [1.82, 2.24) is 5.32 Å². The van der Waals surface area contributed by atoms with Crippen molar-refractivity contribution in [2.75, 3.05) is 13.7 Å². The molecule has 1 aromatic rings. The van der Waals surface area contributed by atoms with Gasteiger partial charge in [0.25, 0.3) is 0 Å². The minimum absolute atomic E-state index is 0.175. The Bertz CT molecular complexity index is 440. The highest BCUT2D eigenvalue weighted by Gasteiger charge is 2.00. The predicted molar refractivity (Wildman–Crippen MR) is 72.8 cm³/mol. The average molecular weight is 312 g/mol. The number of hydrogen-bond donors (Lipinski definition) is 1. The number of rotatable bonds is 5. The van der Waals surface area contributed by atoms with E-state index in [1.54, 1.807) is 6.08 Å². The third-order valence-corrected chi connectivity index (χ3v) is 2.68. The molecular formula is C13H14BrNO3. The molecule has 4 nitrogen and oxygen atoms in total. The molecule has 0 aliphatic carbocycles. The summed E-state index contributed by atoms with van der Waals surface area (Å²) < 4.78 is 5.45. The number of hydrogen-bond acceptors (Lipinski definition) is 3. The van der Waals surface area contributed by atoms with Gasteiger partial charge in [0.15, 0.2) is 0 Å². The molecule has 0 unspecified atom stereocenters. The van der Waals surface area contributed by atoms with E-state index in [1.807, 2.05) is 24.3 Å². The summed E-state index contributed by atoms with van der Waals surface area (Å²) in [6.07, 6.45) is 3.31. The zero-order chi connectivity index (χ0) is 13.4. The van der Waals surface area contributed by atoms with Gasteiger partial charge >= 0.3 is 5.97 Å². The zero-order valence-electron chi connectivity index (χ0n) is 9.98. The number of nitrogens with one attached hydrogen (secondary N) is 1. The molecule has 0 spiro atoms. The van der Waals surface area contributed by atoms with E-state index in [0.29, 0.717) is 0 Å². The van der Waals surface area contributed by atoms with E-state index < -0.39 is 0 Å². The molecule has 0 radical (unpaired) electrons. The summed E-state index contributed by atoms with van der Waals surface area (Å²) in [5, 5.41) is 2.59. The highest BCUT2D eigenvalue weighted by atomic mass is 79.9. The molecule has 1 rings (SSSR count). The van der Waals surface area contributed by atoms with Crippen LogP contribution in [0.15, 0.2) is 34.8 Å². The smallest absolute Gasteiger partial charge is 0.307 e. The van der Waals surface area contributed by atoms with Crippen LogP contribution >= 0.6 is 15.9 Å². The molecule has 0 aliphatic rings. The van der Waals surface area contributed by atoms with Crippen LogP contribution in [0.4, 0.5) is 0 Å². The number of halogens is 1. The maximum atomic E-state index is 11.4. The first-order chi connectivity index (χ1) is 8.61. The molecule has 0 atom stereocenters. The van der Waals surface area contributed by atoms with Gasteiger partial charge in [-0.05, 0) is 23.8 Å². The molecule has 0 saturated carbocycles. The van der Waals surface area contributed by atoms with E-state index in [0.717, 1.165) is 10.0 Å². The minimum Gasteiger partial charge on any atom is -0.469 e. The fourth-order valence-corrected chi connectivity index (χ4v) is 1.46. The van der Waals surface area contributed by atoms with Crippen molar-refractivity contribution in [1.29, 1.82) is 0 Å². The number of carbonyl (C=O) groups is 2. The zero-order valence-corrected chi connectivity index (χ0v) is 11.6. The fraction of sp³-hybridized carbons (Fsp3) is 0.231. The Morgan fingerprint density at radius 2 is 2.00 bits per heavy atom. The molecule has 1 amide bonds. The molecule has 0 bridgehead atoms. The van der Waals surface area contributed by atoms with Crippen LogP contribution in [0.25, 0.3) is 6.08 Å². The first kappa shape index (κ1) is 14.4. The number of esters is 1. The number of benzene rings is 1. The second kappa shape index (κ2) is 7.66. The molecular weight excluding hydrogens is 298 g/mol. The molecule has 0 heterocycles. The Hall–Kier alpha value is -1.62. The van der Waals surface area contributed by atoms with Crippen molar-refractivity contribution >= 4 is 33.9 Å². The summed E-state index contributed by atoms with van der Waals surface area (Å²) in [7, 11) is 1.32. The van der Waals surface area contributed by atoms with E-state index in [4.69, 9.17) is 0 Å². The van der Waals surface area contributed by atoms with Gasteiger partial charge in [0.2, 0.25) is 5.91 Å². The monoisotopic (exact) mass is 311 g/mol. The van der Waals surface area contributed by atoms with Gasteiger partial charge in [-0.3, -0.25) is 9.59 Å². The van der Waals surface area contributed by atoms with Gasteiger partial charge in [0.05, 0.1) is 13.5 Å². The lowest BCUT2D eigenvalue weighted by atomic mass is 10.2. The largest absolute Gasteiger partial charge is 0.469 e. The molecule has 1 N–H and O–H groups in total. The van der Waals surface area contributed by atoms with Gasteiger partial charge in [-0.15, -0.1) is 0 Å². The third kappa shape index (κ3) is 5.63. The minimum atomic E-state index is -0.341. The summed E-state index contributed by atoms with van der Waals surface area (Å²) in [5.74, 6) is -0.575. The summed E-state index contributed by atoms with van der Waals surface area (Å²) >= 11 is 3.33. The maximum Gasteiger partial charge on any atom is 0.307 e. The maximum absolute atomic E-state index is 11.4. The lowest BCUT2D eigenvalue weighted by Gasteiger charge is -2.00. The van der Waals surface area contributed by atoms with Gasteiger partial charge < -0.3 is 10.1 Å². The van der Waals surface area contributed by atoms with Crippen molar-refractivity contribution in [3.05, 3.63) is 40.4 Å². The van der Waals surface area contributed by atoms with Gasteiger partial charge in [0, 0.05) is 17.1 Å². The molecule has 0 aliphatic heterocycles. The van der Waals surface area contributed by atoms with Gasteiger partial charge in [0.1, 0.15) is 0 Å². The van der Waals surface area contributed by atoms with Crippen LogP contribution in [0, 0.1) is 0 Å². The summed E-state index contributed by atoms with van der Waals surface area (Å²) in [6.45, 7) is 0.274. The molecule has 18 heavy (non-hydrogen) atoms. The highest BCUT2D eigenvalue weighted by Crippen LogP contribution is 2.11. The Morgan fingerprint density at radius 3 is 2.61 bits per heavy atom. The van der Waals surface area contributed by atoms with Crippen LogP contribution in [0.2, 0.25) is 0 Å². The summed E-state index contributed by atoms with van der Waals surface area (Å²) in [5.41, 5.74) is 0.932. The lowest BCUT2D eigenvalue weighted by Crippen LogP contribution is -2.24. The van der Waals surface area contributed by atoms with E-state index in [2.05, 4.69) is 26.0 Å². The van der Waals surface area contributed by atoms with Crippen LogP contribution in [0.3, 0.4) is 0 Å². The summed E-state index contributed by atoms with van der Waals surface area (Å²) in [4.78, 5) is 22.2. The second-order valence-electron chi connectivity index (χ2n) is 3.50. The fourth-order valence-electron chi connectivity index (χ4n) is 1.19. The molecule has 1 aromatic carbocycles. The van der Waals surface area contributed by atoms with Crippen LogP contribution in [0.1, 0.15) is 12.0 Å². The number of ether oxygens (including phenoxy) is 1. The van der Waals surface area contributed by atoms with Crippen molar-refractivity contribution < 1.29 is 14.3 Å². The summed E-state index contributed by atoms with van der Waals surface area (Å²) in [6, 6.07) is 7.58. The Balaban J connectivity index is 2.35. The predicted octanol–water partition coefficient (Wildman–Crippen LogP) is 2.14. The van der Waals surface area contributed by atoms with E-state index in [-0.39, 0.29) is 24.8 Å². The number of methoxy groups -OCH3 is 1. The van der Waals surface area contributed by atoms with Crippen LogP contribution in [-0.4, -0.2) is 25.5 Å². The molecule has 0 saturated heterocycles. The molecule has 96 valence electrons. The van der Waals surface area contributed by atoms with Crippen molar-refractivity contribution in [3.8, 4) is 0 Å². The number of amides is 1. The van der Waals surface area contributed by atoms with Crippen LogP contribution < -0.4 is 5.32 Å². The first-order valence-corrected chi connectivity index (χ1v) is 6.19. The van der Waals surface area contributed by atoms with E-state index in [9.17, 15) is 9.59 Å². The van der Waals surface area contributed by atoms with Gasteiger partial charge in [-0.2, -0.15) is 0 Å². The van der Waals surface area contributed by atoms with Gasteiger partial charge in [-0.25, -0.2) is 0 Å². The normalized spacial score (nSPS) is 10.3. The van der Waals surface area contributed by atoms with Crippen LogP contribution in [-0.2, 0) is 14.3 Å². The SMILES string of the molecule is COC(=O)CCNC(=O)C=Cc1ccc(Br)cc1. The lowest BCUT2D eigenvalue weighted by molar-refractivity contribution is -0.140. The molecule has 0 fully saturated rings. The average Bonchev–Trinajstić information content (AvgIpc) is 2.38. The Labute approximate surface area is 114 Å². The molecule has 0 aromatic heterocycles. The van der Waals surface area contributed by atoms with Crippen LogP contribution in [0.5, 0.6) is 0 Å². The Morgan fingerprint density at radius 1 is 1.33 bits per heavy atom. The van der Waals surface area contributed by atoms with E-state index >= 15 is 0 Å². The topological polar surface area (TPSA) is 55.4 Å². The standard InChI is InChI=1S/C13H14BrNO3/c1-18-13(17)8-9-15-12(16)7-4-10-2-5-11(14)6-3-10/h2-7H,8-9H2,1H3,(H,15,16). The number of carbonyl (C=O) groups excluding carboxylic acids is 2. The highest BCUT2D eigenvalue weighted by molar-refractivity contribution is 9.10. The quantitative estimate of drug-likeness (QED) is 0.669. The van der Waals surface area contributed by atoms with E-state index in [1.165, 1.54) is 13.2 Å². The Kier molecular flexibility index (Phi) is 6.14. The second-order valence-corrected chi connectivity index (χ2v) is 4.42. The third-order valence-electron chi connectivity index (χ3n) is 2.15. The molecule has 5 heteroatoms. The van der Waals surface area contributed by atoms with Crippen molar-refractivity contribution in [2.45, 2.75) is 6.42 Å². The van der Waals surface area contributed by atoms with Gasteiger partial charge in [-0.1, -0.05) is 28.1 Å². The first-order valence-electron chi connectivity index (χ1n) is 5.40. The van der Waals surface area contributed by atoms with Crippen molar-refractivity contribution in [3.63, 3.8) is 0 Å².